The molecule has 0 unspecified atom stereocenters. The van der Waals surface area contributed by atoms with E-state index >= 15 is 0 Å². The third-order valence-corrected chi connectivity index (χ3v) is 7.93. The number of benzene rings is 1. The minimum absolute atomic E-state index is 0.0853. The molecule has 2 aliphatic heterocycles. The van der Waals surface area contributed by atoms with Crippen molar-refractivity contribution in [2.45, 2.75) is 76.0 Å². The SMILES string of the molecule is O=C(NCC1CCN(C2CCCCC2)CC1)N1CCC(Nc2ccc([N+](=O)[O-])c(C(F)(F)F)c2)CC1. The van der Waals surface area contributed by atoms with Crippen molar-refractivity contribution in [3.05, 3.63) is 33.9 Å². The number of alkyl halides is 3. The summed E-state index contributed by atoms with van der Waals surface area (Å²) < 4.78 is 39.7. The smallest absolute Gasteiger partial charge is 0.382 e. The van der Waals surface area contributed by atoms with Gasteiger partial charge in [0, 0.05) is 43.5 Å². The molecule has 3 fully saturated rings. The van der Waals surface area contributed by atoms with Crippen molar-refractivity contribution in [3.63, 3.8) is 0 Å². The number of likely N-dealkylation sites (tertiary alicyclic amines) is 2. The van der Waals surface area contributed by atoms with Crippen LogP contribution in [0.15, 0.2) is 18.2 Å². The minimum Gasteiger partial charge on any atom is -0.382 e. The number of hydrogen-bond acceptors (Lipinski definition) is 5. The highest BCUT2D eigenvalue weighted by Gasteiger charge is 2.38. The zero-order chi connectivity index (χ0) is 25.7. The first-order chi connectivity index (χ1) is 17.2. The van der Waals surface area contributed by atoms with E-state index in [1.54, 1.807) is 4.90 Å². The highest BCUT2D eigenvalue weighted by Crippen LogP contribution is 2.38. The first-order valence-electron chi connectivity index (χ1n) is 13.1. The van der Waals surface area contributed by atoms with Crippen LogP contribution < -0.4 is 10.6 Å². The van der Waals surface area contributed by atoms with E-state index in [1.165, 1.54) is 38.2 Å². The van der Waals surface area contributed by atoms with Gasteiger partial charge in [0.25, 0.3) is 5.69 Å². The van der Waals surface area contributed by atoms with Gasteiger partial charge in [0.2, 0.25) is 0 Å². The lowest BCUT2D eigenvalue weighted by Gasteiger charge is -2.39. The average Bonchev–Trinajstić information content (AvgIpc) is 2.88. The molecule has 8 nitrogen and oxygen atoms in total. The van der Waals surface area contributed by atoms with Gasteiger partial charge in [-0.3, -0.25) is 10.1 Å². The molecule has 2 amide bonds. The number of amides is 2. The first-order valence-corrected chi connectivity index (χ1v) is 13.1. The van der Waals surface area contributed by atoms with Crippen molar-refractivity contribution in [1.82, 2.24) is 15.1 Å². The fourth-order valence-corrected chi connectivity index (χ4v) is 5.79. The molecule has 0 atom stereocenters. The number of carbonyl (C=O) groups is 1. The van der Waals surface area contributed by atoms with Crippen LogP contribution in [-0.4, -0.2) is 65.6 Å². The second kappa shape index (κ2) is 11.7. The zero-order valence-corrected chi connectivity index (χ0v) is 20.6. The van der Waals surface area contributed by atoms with Gasteiger partial charge in [-0.1, -0.05) is 19.3 Å². The number of halogens is 3. The van der Waals surface area contributed by atoms with Crippen LogP contribution in [-0.2, 0) is 6.18 Å². The quantitative estimate of drug-likeness (QED) is 0.403. The van der Waals surface area contributed by atoms with Gasteiger partial charge in [-0.25, -0.2) is 4.79 Å². The van der Waals surface area contributed by atoms with Gasteiger partial charge < -0.3 is 20.4 Å². The van der Waals surface area contributed by atoms with E-state index in [2.05, 4.69) is 15.5 Å². The molecule has 0 aromatic heterocycles. The number of carbonyl (C=O) groups excluding carboxylic acids is 1. The summed E-state index contributed by atoms with van der Waals surface area (Å²) in [6, 6.07) is 3.52. The lowest BCUT2D eigenvalue weighted by Crippen LogP contribution is -2.49. The van der Waals surface area contributed by atoms with E-state index in [0.717, 1.165) is 44.1 Å². The fourth-order valence-electron chi connectivity index (χ4n) is 5.79. The van der Waals surface area contributed by atoms with Crippen LogP contribution in [0.2, 0.25) is 0 Å². The molecule has 11 heteroatoms. The molecule has 2 saturated heterocycles. The molecule has 4 rings (SSSR count). The van der Waals surface area contributed by atoms with Crippen molar-refractivity contribution < 1.29 is 22.9 Å². The Kier molecular flexibility index (Phi) is 8.58. The predicted molar refractivity (Wildman–Crippen MR) is 131 cm³/mol. The van der Waals surface area contributed by atoms with Gasteiger partial charge in [-0.05, 0) is 69.7 Å². The lowest BCUT2D eigenvalue weighted by atomic mass is 9.90. The van der Waals surface area contributed by atoms with Crippen molar-refractivity contribution >= 4 is 17.4 Å². The van der Waals surface area contributed by atoms with E-state index in [1.807, 2.05) is 0 Å². The summed E-state index contributed by atoms with van der Waals surface area (Å²) in [6.45, 7) is 3.91. The predicted octanol–water partition coefficient (Wildman–Crippen LogP) is 5.24. The highest BCUT2D eigenvalue weighted by atomic mass is 19.4. The van der Waals surface area contributed by atoms with Crippen molar-refractivity contribution in [2.24, 2.45) is 5.92 Å². The molecule has 2 N–H and O–H groups in total. The van der Waals surface area contributed by atoms with E-state index in [9.17, 15) is 28.1 Å². The van der Waals surface area contributed by atoms with Crippen molar-refractivity contribution in [1.29, 1.82) is 0 Å². The normalized spacial score (nSPS) is 21.4. The van der Waals surface area contributed by atoms with Crippen molar-refractivity contribution in [3.8, 4) is 0 Å². The Labute approximate surface area is 209 Å². The Morgan fingerprint density at radius 1 is 1.00 bits per heavy atom. The Morgan fingerprint density at radius 3 is 2.28 bits per heavy atom. The van der Waals surface area contributed by atoms with Crippen LogP contribution in [0.4, 0.5) is 29.3 Å². The van der Waals surface area contributed by atoms with Crippen LogP contribution in [0, 0.1) is 16.0 Å². The van der Waals surface area contributed by atoms with E-state index in [0.29, 0.717) is 38.4 Å². The lowest BCUT2D eigenvalue weighted by molar-refractivity contribution is -0.388. The maximum Gasteiger partial charge on any atom is 0.423 e. The van der Waals surface area contributed by atoms with Crippen LogP contribution in [0.25, 0.3) is 0 Å². The van der Waals surface area contributed by atoms with Gasteiger partial charge >= 0.3 is 12.2 Å². The number of nitrogens with zero attached hydrogens (tertiary/aromatic N) is 3. The standard InChI is InChI=1S/C25H36F3N5O3/c26-25(27,28)22-16-20(6-7-23(22)33(35)36)30-19-10-14-32(15-11-19)24(34)29-17-18-8-12-31(13-9-18)21-4-2-1-3-5-21/h6-7,16,18-19,21,30H,1-5,8-15,17H2,(H,29,34). The van der Waals surface area contributed by atoms with Crippen LogP contribution >= 0.6 is 0 Å². The summed E-state index contributed by atoms with van der Waals surface area (Å²) in [6.07, 6.45) is 5.27. The van der Waals surface area contributed by atoms with E-state index in [-0.39, 0.29) is 17.8 Å². The molecule has 1 aromatic carbocycles. The maximum absolute atomic E-state index is 13.2. The largest absolute Gasteiger partial charge is 0.423 e. The summed E-state index contributed by atoms with van der Waals surface area (Å²) in [4.78, 5) is 27.0. The Morgan fingerprint density at radius 2 is 1.67 bits per heavy atom. The van der Waals surface area contributed by atoms with Crippen LogP contribution in [0.3, 0.4) is 0 Å². The molecule has 3 aliphatic rings. The van der Waals surface area contributed by atoms with Gasteiger partial charge in [0.05, 0.1) is 4.92 Å². The maximum atomic E-state index is 13.2. The molecule has 36 heavy (non-hydrogen) atoms. The Balaban J connectivity index is 1.19. The van der Waals surface area contributed by atoms with Crippen LogP contribution in [0.5, 0.6) is 0 Å². The molecule has 0 bridgehead atoms. The fraction of sp³-hybridized carbons (Fsp3) is 0.720. The number of rotatable bonds is 6. The summed E-state index contributed by atoms with van der Waals surface area (Å²) in [5, 5.41) is 17.1. The summed E-state index contributed by atoms with van der Waals surface area (Å²) in [5.74, 6) is 0.498. The van der Waals surface area contributed by atoms with Gasteiger partial charge in [0.15, 0.2) is 0 Å². The Bertz CT molecular complexity index is 907. The number of hydrogen-bond donors (Lipinski definition) is 2. The third kappa shape index (κ3) is 6.80. The highest BCUT2D eigenvalue weighted by molar-refractivity contribution is 5.74. The third-order valence-electron chi connectivity index (χ3n) is 7.93. The monoisotopic (exact) mass is 511 g/mol. The van der Waals surface area contributed by atoms with E-state index < -0.39 is 22.4 Å². The number of nitrogens with one attached hydrogen (secondary N) is 2. The topological polar surface area (TPSA) is 90.8 Å². The number of nitro benzene ring substituents is 1. The minimum atomic E-state index is -4.81. The molecular formula is C25H36F3N5O3. The number of anilines is 1. The van der Waals surface area contributed by atoms with Gasteiger partial charge in [-0.2, -0.15) is 13.2 Å². The summed E-state index contributed by atoms with van der Waals surface area (Å²) >= 11 is 0. The number of urea groups is 1. The molecular weight excluding hydrogens is 475 g/mol. The molecule has 0 radical (unpaired) electrons. The first kappa shape index (κ1) is 26.5. The molecule has 0 spiro atoms. The number of nitro groups is 1. The zero-order valence-electron chi connectivity index (χ0n) is 20.6. The molecule has 1 aliphatic carbocycles. The van der Waals surface area contributed by atoms with Gasteiger partial charge in [0.1, 0.15) is 5.56 Å². The molecule has 1 aromatic rings. The van der Waals surface area contributed by atoms with Crippen LogP contribution in [0.1, 0.15) is 63.4 Å². The molecule has 200 valence electrons. The summed E-state index contributed by atoms with van der Waals surface area (Å²) in [5.41, 5.74) is -2.03. The van der Waals surface area contributed by atoms with Gasteiger partial charge in [-0.15, -0.1) is 0 Å². The molecule has 2 heterocycles. The Hall–Kier alpha value is -2.56. The number of piperidine rings is 2. The van der Waals surface area contributed by atoms with Crippen molar-refractivity contribution in [2.75, 3.05) is 38.0 Å². The second-order valence-electron chi connectivity index (χ2n) is 10.3. The average molecular weight is 512 g/mol. The molecule has 1 saturated carbocycles. The second-order valence-corrected chi connectivity index (χ2v) is 10.3. The van der Waals surface area contributed by atoms with E-state index in [4.69, 9.17) is 0 Å². The summed E-state index contributed by atoms with van der Waals surface area (Å²) in [7, 11) is 0.